The van der Waals surface area contributed by atoms with Crippen LogP contribution in [0.1, 0.15) is 11.3 Å². The van der Waals surface area contributed by atoms with Crippen molar-refractivity contribution in [3.63, 3.8) is 0 Å². The molecule has 0 aliphatic rings. The molecule has 0 fully saturated rings. The number of halogens is 3. The first kappa shape index (κ1) is 12.3. The van der Waals surface area contributed by atoms with Gasteiger partial charge in [-0.2, -0.15) is 13.2 Å². The molecule has 7 heteroatoms. The van der Waals surface area contributed by atoms with Gasteiger partial charge in [-0.25, -0.2) is 0 Å². The van der Waals surface area contributed by atoms with Crippen molar-refractivity contribution in [2.24, 2.45) is 0 Å². The number of pyridine rings is 1. The Balaban J connectivity index is 3.09. The monoisotopic (exact) mass is 234 g/mol. The fraction of sp³-hybridized carbons (Fsp3) is 0.333. The van der Waals surface area contributed by atoms with E-state index in [0.29, 0.717) is 0 Å². The molecule has 0 saturated heterocycles. The number of nitrogens with zero attached hydrogens (tertiary/aromatic N) is 1. The molecule has 1 heterocycles. The molecule has 88 valence electrons. The maximum absolute atomic E-state index is 12.4. The second kappa shape index (κ2) is 4.38. The van der Waals surface area contributed by atoms with Crippen molar-refractivity contribution < 1.29 is 22.7 Å². The largest absolute Gasteiger partial charge is 0.469 e. The van der Waals surface area contributed by atoms with Crippen molar-refractivity contribution in [2.45, 2.75) is 12.6 Å². The second-order valence-corrected chi connectivity index (χ2v) is 2.97. The van der Waals surface area contributed by atoms with E-state index in [2.05, 4.69) is 9.72 Å². The molecule has 4 nitrogen and oxygen atoms in total. The quantitative estimate of drug-likeness (QED) is 0.785. The molecule has 1 rings (SSSR count). The first-order valence-electron chi connectivity index (χ1n) is 4.23. The Morgan fingerprint density at radius 3 is 2.69 bits per heavy atom. The van der Waals surface area contributed by atoms with Gasteiger partial charge in [-0.15, -0.1) is 0 Å². The number of ether oxygens (including phenoxy) is 1. The molecule has 0 radical (unpaired) electrons. The van der Waals surface area contributed by atoms with E-state index in [-0.39, 0.29) is 12.1 Å². The summed E-state index contributed by atoms with van der Waals surface area (Å²) < 4.78 is 41.6. The van der Waals surface area contributed by atoms with E-state index in [0.717, 1.165) is 19.4 Å². The van der Waals surface area contributed by atoms with Crippen LogP contribution in [0.5, 0.6) is 0 Å². The third kappa shape index (κ3) is 2.62. The fourth-order valence-corrected chi connectivity index (χ4v) is 1.11. The summed E-state index contributed by atoms with van der Waals surface area (Å²) in [6.45, 7) is 0. The third-order valence-corrected chi connectivity index (χ3v) is 1.92. The summed E-state index contributed by atoms with van der Waals surface area (Å²) in [6.07, 6.45) is -3.98. The lowest BCUT2D eigenvalue weighted by molar-refractivity contribution is -0.140. The highest BCUT2D eigenvalue weighted by Gasteiger charge is 2.34. The van der Waals surface area contributed by atoms with Crippen LogP contribution in [0, 0.1) is 0 Å². The number of aromatic nitrogens is 1. The molecule has 0 aliphatic carbocycles. The molecule has 0 aliphatic heterocycles. The zero-order valence-corrected chi connectivity index (χ0v) is 8.34. The van der Waals surface area contributed by atoms with E-state index in [1.165, 1.54) is 0 Å². The fourth-order valence-electron chi connectivity index (χ4n) is 1.11. The Bertz CT molecular complexity index is 404. The lowest BCUT2D eigenvalue weighted by Gasteiger charge is -2.11. The minimum Gasteiger partial charge on any atom is -0.469 e. The maximum Gasteiger partial charge on any atom is 0.418 e. The van der Waals surface area contributed by atoms with Crippen LogP contribution >= 0.6 is 0 Å². The molecule has 0 saturated carbocycles. The molecule has 0 unspecified atom stereocenters. The highest BCUT2D eigenvalue weighted by Crippen LogP contribution is 2.34. The molecule has 16 heavy (non-hydrogen) atoms. The van der Waals surface area contributed by atoms with Crippen LogP contribution in [0.4, 0.5) is 18.9 Å². The highest BCUT2D eigenvalue weighted by atomic mass is 19.4. The van der Waals surface area contributed by atoms with E-state index < -0.39 is 23.4 Å². The van der Waals surface area contributed by atoms with Crippen molar-refractivity contribution >= 4 is 11.7 Å². The van der Waals surface area contributed by atoms with Crippen LogP contribution in [0.15, 0.2) is 12.3 Å². The van der Waals surface area contributed by atoms with Crippen molar-refractivity contribution in [1.82, 2.24) is 4.98 Å². The molecule has 0 amide bonds. The van der Waals surface area contributed by atoms with Crippen molar-refractivity contribution in [2.75, 3.05) is 12.8 Å². The topological polar surface area (TPSA) is 65.2 Å². The van der Waals surface area contributed by atoms with Gasteiger partial charge in [0.15, 0.2) is 0 Å². The van der Waals surface area contributed by atoms with E-state index in [1.807, 2.05) is 0 Å². The summed E-state index contributed by atoms with van der Waals surface area (Å²) in [6, 6.07) is 0.760. The number of hydrogen-bond acceptors (Lipinski definition) is 4. The average Bonchev–Trinajstić information content (AvgIpc) is 2.19. The van der Waals surface area contributed by atoms with Crippen LogP contribution < -0.4 is 5.73 Å². The third-order valence-electron chi connectivity index (χ3n) is 1.92. The van der Waals surface area contributed by atoms with Gasteiger partial charge in [-0.1, -0.05) is 0 Å². The number of carbonyl (C=O) groups is 1. The number of anilines is 1. The number of nitrogens with two attached hydrogens (primary N) is 1. The number of hydrogen-bond donors (Lipinski definition) is 1. The van der Waals surface area contributed by atoms with E-state index in [9.17, 15) is 18.0 Å². The highest BCUT2D eigenvalue weighted by molar-refractivity contribution is 5.74. The van der Waals surface area contributed by atoms with E-state index >= 15 is 0 Å². The Morgan fingerprint density at radius 2 is 2.19 bits per heavy atom. The molecule has 0 bridgehead atoms. The molecule has 0 aromatic carbocycles. The predicted molar refractivity (Wildman–Crippen MR) is 49.4 cm³/mol. The minimum atomic E-state index is -4.56. The van der Waals surface area contributed by atoms with Gasteiger partial charge in [0.05, 0.1) is 30.5 Å². The number of rotatable bonds is 2. The van der Waals surface area contributed by atoms with Crippen LogP contribution in [-0.4, -0.2) is 18.1 Å². The first-order chi connectivity index (χ1) is 7.36. The van der Waals surface area contributed by atoms with Gasteiger partial charge in [0.25, 0.3) is 0 Å². The SMILES string of the molecule is COC(=O)Cc1nccc(C(F)(F)F)c1N. The summed E-state index contributed by atoms with van der Waals surface area (Å²) in [5.74, 6) is -0.696. The minimum absolute atomic E-state index is 0.137. The van der Waals surface area contributed by atoms with Crippen LogP contribution in [0.25, 0.3) is 0 Å². The van der Waals surface area contributed by atoms with Crippen LogP contribution in [0.2, 0.25) is 0 Å². The standard InChI is InChI=1S/C9H9F3N2O2/c1-16-7(15)4-6-8(13)5(2-3-14-6)9(10,11)12/h2-3H,4,13H2,1H3. The summed E-state index contributed by atoms with van der Waals surface area (Å²) >= 11 is 0. The molecule has 2 N–H and O–H groups in total. The van der Waals surface area contributed by atoms with Crippen molar-refractivity contribution in [1.29, 1.82) is 0 Å². The first-order valence-corrected chi connectivity index (χ1v) is 4.23. The summed E-state index contributed by atoms with van der Waals surface area (Å²) in [5, 5.41) is 0. The molecular formula is C9H9F3N2O2. The smallest absolute Gasteiger partial charge is 0.418 e. The van der Waals surface area contributed by atoms with Gasteiger partial charge in [0.1, 0.15) is 0 Å². The van der Waals surface area contributed by atoms with Crippen molar-refractivity contribution in [3.8, 4) is 0 Å². The number of esters is 1. The zero-order chi connectivity index (χ0) is 12.3. The second-order valence-electron chi connectivity index (χ2n) is 2.97. The Morgan fingerprint density at radius 1 is 1.56 bits per heavy atom. The van der Waals surface area contributed by atoms with E-state index in [4.69, 9.17) is 5.73 Å². The number of nitrogen functional groups attached to an aromatic ring is 1. The Labute approximate surface area is 89.2 Å². The molecule has 1 aromatic heterocycles. The van der Waals surface area contributed by atoms with E-state index in [1.54, 1.807) is 0 Å². The zero-order valence-electron chi connectivity index (χ0n) is 8.34. The lowest BCUT2D eigenvalue weighted by Crippen LogP contribution is -2.14. The lowest BCUT2D eigenvalue weighted by atomic mass is 10.1. The number of methoxy groups -OCH3 is 1. The average molecular weight is 234 g/mol. The van der Waals surface area contributed by atoms with Crippen LogP contribution in [0.3, 0.4) is 0 Å². The Kier molecular flexibility index (Phi) is 3.36. The predicted octanol–water partition coefficient (Wildman–Crippen LogP) is 1.40. The summed E-state index contributed by atoms with van der Waals surface area (Å²) in [7, 11) is 1.13. The van der Waals surface area contributed by atoms with Gasteiger partial charge >= 0.3 is 12.1 Å². The molecular weight excluding hydrogens is 225 g/mol. The van der Waals surface area contributed by atoms with Crippen molar-refractivity contribution in [3.05, 3.63) is 23.5 Å². The Hall–Kier alpha value is -1.79. The summed E-state index contributed by atoms with van der Waals surface area (Å²) in [5.41, 5.74) is 3.60. The number of carbonyl (C=O) groups excluding carboxylic acids is 1. The van der Waals surface area contributed by atoms with Gasteiger partial charge < -0.3 is 10.5 Å². The van der Waals surface area contributed by atoms with Gasteiger partial charge in [0.2, 0.25) is 0 Å². The maximum atomic E-state index is 12.4. The molecule has 0 spiro atoms. The molecule has 1 aromatic rings. The van der Waals surface area contributed by atoms with Gasteiger partial charge in [-0.05, 0) is 6.07 Å². The summed E-state index contributed by atoms with van der Waals surface area (Å²) in [4.78, 5) is 14.5. The van der Waals surface area contributed by atoms with Crippen LogP contribution in [-0.2, 0) is 22.1 Å². The number of alkyl halides is 3. The molecule has 0 atom stereocenters. The van der Waals surface area contributed by atoms with Gasteiger partial charge in [-0.3, -0.25) is 9.78 Å². The normalized spacial score (nSPS) is 11.2. The van der Waals surface area contributed by atoms with Gasteiger partial charge in [0, 0.05) is 6.20 Å².